The third-order valence-electron chi connectivity index (χ3n) is 3.54. The fourth-order valence-electron chi connectivity index (χ4n) is 2.32. The van der Waals surface area contributed by atoms with Crippen LogP contribution in [0.2, 0.25) is 10.0 Å². The maximum Gasteiger partial charge on any atom is 0.0553 e. The summed E-state index contributed by atoms with van der Waals surface area (Å²) in [5.41, 5.74) is 0.757. The van der Waals surface area contributed by atoms with Gasteiger partial charge in [-0.05, 0) is 29.7 Å². The third kappa shape index (κ3) is 2.99. The lowest BCUT2D eigenvalue weighted by Gasteiger charge is -2.31. The van der Waals surface area contributed by atoms with E-state index in [0.717, 1.165) is 11.1 Å². The van der Waals surface area contributed by atoms with Crippen LogP contribution < -0.4 is 0 Å². The van der Waals surface area contributed by atoms with E-state index in [1.54, 1.807) is 12.1 Å². The number of aliphatic hydroxyl groups excluding tert-OH is 2. The highest BCUT2D eigenvalue weighted by Gasteiger charge is 2.33. The monoisotopic (exact) mass is 310 g/mol. The zero-order valence-electron chi connectivity index (χ0n) is 10.9. The van der Waals surface area contributed by atoms with E-state index in [1.165, 1.54) is 0 Å². The minimum Gasteiger partial charge on any atom is -0.395 e. The summed E-state index contributed by atoms with van der Waals surface area (Å²) in [6.45, 7) is -0.420. The van der Waals surface area contributed by atoms with Crippen molar-refractivity contribution in [3.8, 4) is 0 Å². The van der Waals surface area contributed by atoms with Crippen molar-refractivity contribution in [2.45, 2.75) is 11.8 Å². The van der Waals surface area contributed by atoms with E-state index >= 15 is 0 Å². The molecule has 0 fully saturated rings. The van der Waals surface area contributed by atoms with Crippen LogP contribution in [0, 0.1) is 0 Å². The van der Waals surface area contributed by atoms with Gasteiger partial charge in [0.2, 0.25) is 0 Å². The van der Waals surface area contributed by atoms with Gasteiger partial charge in [-0.3, -0.25) is 0 Å². The minimum atomic E-state index is -0.844. The van der Waals surface area contributed by atoms with Gasteiger partial charge in [-0.1, -0.05) is 59.6 Å². The molecule has 2 aromatic carbocycles. The van der Waals surface area contributed by atoms with E-state index in [4.69, 9.17) is 23.2 Å². The fraction of sp³-hybridized carbons (Fsp3) is 0.250. The lowest BCUT2D eigenvalue weighted by molar-refractivity contribution is 0.116. The Hall–Kier alpha value is -1.06. The number of halogens is 2. The Morgan fingerprint density at radius 3 is 1.90 bits per heavy atom. The zero-order chi connectivity index (χ0) is 14.6. The molecule has 0 spiro atoms. The second-order valence-electron chi connectivity index (χ2n) is 4.84. The van der Waals surface area contributed by atoms with Crippen LogP contribution in [0.5, 0.6) is 0 Å². The molecule has 2 N–H and O–H groups in total. The molecule has 0 aliphatic heterocycles. The number of aliphatic hydroxyl groups is 2. The Balaban J connectivity index is 2.46. The standard InChI is InChI=1S/C16H16Cl2O2/c17-14-7-3-1-5-12(14)9-16(10-19,11-20)13-6-2-4-8-15(13)18/h1-8,19-20H,9-11H2. The summed E-state index contributed by atoms with van der Waals surface area (Å²) in [4.78, 5) is 0. The highest BCUT2D eigenvalue weighted by molar-refractivity contribution is 6.31. The molecule has 0 bridgehead atoms. The molecular formula is C16H16Cl2O2. The van der Waals surface area contributed by atoms with E-state index in [1.807, 2.05) is 36.4 Å². The minimum absolute atomic E-state index is 0.210. The van der Waals surface area contributed by atoms with Crippen LogP contribution in [0.15, 0.2) is 48.5 Å². The van der Waals surface area contributed by atoms with E-state index < -0.39 is 5.41 Å². The number of benzene rings is 2. The predicted octanol–water partition coefficient (Wildman–Crippen LogP) is 3.46. The van der Waals surface area contributed by atoms with Crippen molar-refractivity contribution in [1.82, 2.24) is 0 Å². The number of hydrogen-bond acceptors (Lipinski definition) is 2. The van der Waals surface area contributed by atoms with Gasteiger partial charge in [0.05, 0.1) is 13.2 Å². The Kier molecular flexibility index (Phi) is 5.06. The second-order valence-corrected chi connectivity index (χ2v) is 5.66. The van der Waals surface area contributed by atoms with Crippen LogP contribution in [0.4, 0.5) is 0 Å². The molecule has 20 heavy (non-hydrogen) atoms. The summed E-state index contributed by atoms with van der Waals surface area (Å²) in [6.07, 6.45) is 0.420. The maximum absolute atomic E-state index is 9.84. The summed E-state index contributed by atoms with van der Waals surface area (Å²) in [5, 5.41) is 20.8. The first-order chi connectivity index (χ1) is 9.63. The summed E-state index contributed by atoms with van der Waals surface area (Å²) in [5.74, 6) is 0. The molecule has 0 radical (unpaired) electrons. The van der Waals surface area contributed by atoms with Crippen LogP contribution in [0.1, 0.15) is 11.1 Å². The zero-order valence-corrected chi connectivity index (χ0v) is 12.4. The van der Waals surface area contributed by atoms with Gasteiger partial charge in [-0.25, -0.2) is 0 Å². The first-order valence-corrected chi connectivity index (χ1v) is 7.09. The molecule has 2 nitrogen and oxygen atoms in total. The van der Waals surface area contributed by atoms with Gasteiger partial charge in [-0.15, -0.1) is 0 Å². The Bertz CT molecular complexity index is 580. The third-order valence-corrected chi connectivity index (χ3v) is 4.24. The van der Waals surface area contributed by atoms with Crippen molar-refractivity contribution in [2.75, 3.05) is 13.2 Å². The molecule has 0 aliphatic carbocycles. The van der Waals surface area contributed by atoms with Gasteiger partial charge >= 0.3 is 0 Å². The summed E-state index contributed by atoms with van der Waals surface area (Å²) < 4.78 is 0. The molecule has 0 atom stereocenters. The molecule has 4 heteroatoms. The van der Waals surface area contributed by atoms with Crippen LogP contribution in [0.25, 0.3) is 0 Å². The predicted molar refractivity (Wildman–Crippen MR) is 82.5 cm³/mol. The first kappa shape index (κ1) is 15.3. The van der Waals surface area contributed by atoms with Crippen molar-refractivity contribution in [2.24, 2.45) is 0 Å². The Labute approximate surface area is 128 Å². The summed E-state index contributed by atoms with van der Waals surface area (Å²) in [7, 11) is 0. The molecular weight excluding hydrogens is 295 g/mol. The van der Waals surface area contributed by atoms with Gasteiger partial charge in [0, 0.05) is 15.5 Å². The summed E-state index contributed by atoms with van der Waals surface area (Å²) >= 11 is 12.4. The van der Waals surface area contributed by atoms with E-state index in [0.29, 0.717) is 16.5 Å². The van der Waals surface area contributed by atoms with Crippen molar-refractivity contribution < 1.29 is 10.2 Å². The van der Waals surface area contributed by atoms with Crippen molar-refractivity contribution >= 4 is 23.2 Å². The Morgan fingerprint density at radius 2 is 1.35 bits per heavy atom. The maximum atomic E-state index is 9.84. The molecule has 2 rings (SSSR count). The quantitative estimate of drug-likeness (QED) is 0.888. The van der Waals surface area contributed by atoms with E-state index in [9.17, 15) is 10.2 Å². The molecule has 0 unspecified atom stereocenters. The van der Waals surface area contributed by atoms with Crippen LogP contribution in [-0.4, -0.2) is 23.4 Å². The lowest BCUT2D eigenvalue weighted by Crippen LogP contribution is -2.37. The van der Waals surface area contributed by atoms with E-state index in [2.05, 4.69) is 0 Å². The largest absolute Gasteiger partial charge is 0.395 e. The normalized spacial score (nSPS) is 11.6. The molecule has 0 saturated carbocycles. The smallest absolute Gasteiger partial charge is 0.0553 e. The topological polar surface area (TPSA) is 40.5 Å². The van der Waals surface area contributed by atoms with Crippen LogP contribution >= 0.6 is 23.2 Å². The first-order valence-electron chi connectivity index (χ1n) is 6.33. The van der Waals surface area contributed by atoms with Gasteiger partial charge in [0.15, 0.2) is 0 Å². The molecule has 0 amide bonds. The van der Waals surface area contributed by atoms with Crippen LogP contribution in [-0.2, 0) is 11.8 Å². The number of rotatable bonds is 5. The second kappa shape index (κ2) is 6.59. The van der Waals surface area contributed by atoms with Gasteiger partial charge in [-0.2, -0.15) is 0 Å². The molecule has 106 valence electrons. The highest BCUT2D eigenvalue weighted by Crippen LogP contribution is 2.34. The highest BCUT2D eigenvalue weighted by atomic mass is 35.5. The average molecular weight is 311 g/mol. The SMILES string of the molecule is OCC(CO)(Cc1ccccc1Cl)c1ccccc1Cl. The molecule has 0 aliphatic rings. The Morgan fingerprint density at radius 1 is 0.800 bits per heavy atom. The van der Waals surface area contributed by atoms with Gasteiger partial charge in [0.1, 0.15) is 0 Å². The van der Waals surface area contributed by atoms with Crippen LogP contribution in [0.3, 0.4) is 0 Å². The van der Waals surface area contributed by atoms with Crippen molar-refractivity contribution in [3.63, 3.8) is 0 Å². The van der Waals surface area contributed by atoms with E-state index in [-0.39, 0.29) is 13.2 Å². The molecule has 0 saturated heterocycles. The van der Waals surface area contributed by atoms with Crippen molar-refractivity contribution in [3.05, 3.63) is 69.7 Å². The fourth-order valence-corrected chi connectivity index (χ4v) is 2.86. The van der Waals surface area contributed by atoms with Gasteiger partial charge < -0.3 is 10.2 Å². The molecule has 0 aromatic heterocycles. The van der Waals surface area contributed by atoms with Gasteiger partial charge in [0.25, 0.3) is 0 Å². The number of hydrogen-bond donors (Lipinski definition) is 2. The molecule has 0 heterocycles. The van der Waals surface area contributed by atoms with Crippen molar-refractivity contribution in [1.29, 1.82) is 0 Å². The molecule has 2 aromatic rings. The summed E-state index contributed by atoms with van der Waals surface area (Å²) in [6, 6.07) is 14.7. The lowest BCUT2D eigenvalue weighted by atomic mass is 9.77. The average Bonchev–Trinajstić information content (AvgIpc) is 2.48.